The van der Waals surface area contributed by atoms with Gasteiger partial charge in [0.25, 0.3) is 0 Å². The molecule has 1 N–H and O–H groups in total. The van der Waals surface area contributed by atoms with Crippen LogP contribution in [-0.4, -0.2) is 92.0 Å². The van der Waals surface area contributed by atoms with Crippen LogP contribution in [0.2, 0.25) is 0 Å². The number of hydrogen-bond donors (Lipinski definition) is 1. The Hall–Kier alpha value is 0.0600. The van der Waals surface area contributed by atoms with Crippen molar-refractivity contribution in [2.24, 2.45) is 4.99 Å². The minimum absolute atomic E-state index is 0. The van der Waals surface area contributed by atoms with Gasteiger partial charge in [0.1, 0.15) is 6.04 Å². The molecule has 2 heterocycles. The van der Waals surface area contributed by atoms with E-state index in [1.807, 2.05) is 16.7 Å². The Morgan fingerprint density at radius 1 is 1.23 bits per heavy atom. The number of halogens is 4. The fourth-order valence-electron chi connectivity index (χ4n) is 3.30. The Labute approximate surface area is 175 Å². The third kappa shape index (κ3) is 6.30. The first-order valence-corrected chi connectivity index (χ1v) is 9.93. The summed E-state index contributed by atoms with van der Waals surface area (Å²) in [6, 6.07) is -1.40. The quantitative estimate of drug-likeness (QED) is 0.358. The predicted octanol–water partition coefficient (Wildman–Crippen LogP) is 2.66. The fourth-order valence-corrected chi connectivity index (χ4v) is 4.09. The zero-order valence-electron chi connectivity index (χ0n) is 15.6. The maximum absolute atomic E-state index is 12.9. The lowest BCUT2D eigenvalue weighted by Gasteiger charge is -2.41. The SMILES string of the molecule is CN=C(NCC1(SC)CCOCC1)N1CCN(C(C)C(F)(F)F)CC1.I. The normalized spacial score (nSPS) is 23.3. The molecule has 0 aliphatic carbocycles. The van der Waals surface area contributed by atoms with Crippen LogP contribution in [0.5, 0.6) is 0 Å². The molecule has 2 fully saturated rings. The maximum atomic E-state index is 12.9. The topological polar surface area (TPSA) is 40.1 Å². The Bertz CT molecular complexity index is 453. The average Bonchev–Trinajstić information content (AvgIpc) is 2.62. The van der Waals surface area contributed by atoms with Gasteiger partial charge >= 0.3 is 6.18 Å². The summed E-state index contributed by atoms with van der Waals surface area (Å²) in [6.07, 6.45) is -0.0625. The van der Waals surface area contributed by atoms with E-state index in [9.17, 15) is 13.2 Å². The number of hydrogen-bond acceptors (Lipinski definition) is 4. The lowest BCUT2D eigenvalue weighted by Crippen LogP contribution is -2.57. The van der Waals surface area contributed by atoms with E-state index in [4.69, 9.17) is 4.74 Å². The van der Waals surface area contributed by atoms with E-state index in [2.05, 4.69) is 16.6 Å². The highest BCUT2D eigenvalue weighted by molar-refractivity contribution is 14.0. The summed E-state index contributed by atoms with van der Waals surface area (Å²) < 4.78 is 44.2. The lowest BCUT2D eigenvalue weighted by molar-refractivity contribution is -0.181. The molecule has 0 bridgehead atoms. The fraction of sp³-hybridized carbons (Fsp3) is 0.938. The number of piperazine rings is 1. The molecule has 2 saturated heterocycles. The highest BCUT2D eigenvalue weighted by Crippen LogP contribution is 2.33. The molecule has 10 heteroatoms. The van der Waals surface area contributed by atoms with Crippen LogP contribution in [0.1, 0.15) is 19.8 Å². The summed E-state index contributed by atoms with van der Waals surface area (Å²) in [4.78, 5) is 7.87. The van der Waals surface area contributed by atoms with Crippen molar-refractivity contribution in [2.75, 3.05) is 59.2 Å². The smallest absolute Gasteiger partial charge is 0.381 e. The van der Waals surface area contributed by atoms with Gasteiger partial charge in [0, 0.05) is 57.7 Å². The van der Waals surface area contributed by atoms with Crippen LogP contribution < -0.4 is 5.32 Å². The van der Waals surface area contributed by atoms with E-state index in [-0.39, 0.29) is 28.7 Å². The molecule has 2 aliphatic rings. The molecule has 2 rings (SSSR count). The summed E-state index contributed by atoms with van der Waals surface area (Å²) in [5.74, 6) is 0.777. The first kappa shape index (κ1) is 24.1. The number of rotatable bonds is 4. The van der Waals surface area contributed by atoms with Gasteiger partial charge in [-0.3, -0.25) is 9.89 Å². The van der Waals surface area contributed by atoms with Crippen LogP contribution in [0.3, 0.4) is 0 Å². The van der Waals surface area contributed by atoms with Gasteiger partial charge in [-0.2, -0.15) is 24.9 Å². The van der Waals surface area contributed by atoms with Crippen LogP contribution in [0.4, 0.5) is 13.2 Å². The molecular weight excluding hydrogens is 480 g/mol. The Balaban J connectivity index is 0.00000338. The highest BCUT2D eigenvalue weighted by atomic mass is 127. The van der Waals surface area contributed by atoms with Crippen LogP contribution in [0, 0.1) is 0 Å². The van der Waals surface area contributed by atoms with Crippen molar-refractivity contribution in [3.8, 4) is 0 Å². The van der Waals surface area contributed by atoms with Gasteiger partial charge in [0.15, 0.2) is 5.96 Å². The van der Waals surface area contributed by atoms with E-state index in [1.54, 1.807) is 7.05 Å². The number of ether oxygens (including phenoxy) is 1. The van der Waals surface area contributed by atoms with Crippen LogP contribution in [0.15, 0.2) is 4.99 Å². The maximum Gasteiger partial charge on any atom is 0.403 e. The average molecular weight is 510 g/mol. The van der Waals surface area contributed by atoms with Crippen molar-refractivity contribution in [1.82, 2.24) is 15.1 Å². The molecule has 0 spiro atoms. The van der Waals surface area contributed by atoms with E-state index >= 15 is 0 Å². The van der Waals surface area contributed by atoms with Crippen LogP contribution >= 0.6 is 35.7 Å². The van der Waals surface area contributed by atoms with Crippen molar-refractivity contribution >= 4 is 41.7 Å². The standard InChI is InChI=1S/C16H29F3N4OS.HI/c1-13(16(17,18)19)22-6-8-23(9-7-22)14(20-2)21-12-15(25-3)4-10-24-11-5-15;/h13H,4-12H2,1-3H3,(H,20,21);1H. The number of nitrogens with zero attached hydrogens (tertiary/aromatic N) is 3. The van der Waals surface area contributed by atoms with Gasteiger partial charge < -0.3 is 15.0 Å². The van der Waals surface area contributed by atoms with E-state index < -0.39 is 12.2 Å². The van der Waals surface area contributed by atoms with Gasteiger partial charge in [0.05, 0.1) is 0 Å². The second kappa shape index (κ2) is 10.6. The third-order valence-corrected chi connectivity index (χ3v) is 6.67. The second-order valence-corrected chi connectivity index (χ2v) is 7.92. The summed E-state index contributed by atoms with van der Waals surface area (Å²) in [6.45, 7) is 5.46. The zero-order chi connectivity index (χ0) is 18.5. The van der Waals surface area contributed by atoms with E-state index in [0.717, 1.165) is 38.6 Å². The predicted molar refractivity (Wildman–Crippen MR) is 112 cm³/mol. The number of alkyl halides is 3. The Morgan fingerprint density at radius 3 is 2.27 bits per heavy atom. The first-order valence-electron chi connectivity index (χ1n) is 8.70. The molecule has 0 radical (unpaired) electrons. The second-order valence-electron chi connectivity index (χ2n) is 6.64. The molecule has 1 unspecified atom stereocenters. The molecule has 0 amide bonds. The van der Waals surface area contributed by atoms with Gasteiger partial charge in [-0.25, -0.2) is 0 Å². The van der Waals surface area contributed by atoms with Gasteiger partial charge in [-0.1, -0.05) is 0 Å². The first-order chi connectivity index (χ1) is 11.8. The molecule has 0 saturated carbocycles. The minimum atomic E-state index is -4.17. The molecule has 26 heavy (non-hydrogen) atoms. The van der Waals surface area contributed by atoms with E-state index in [1.165, 1.54) is 11.8 Å². The summed E-state index contributed by atoms with van der Waals surface area (Å²) in [7, 11) is 1.72. The van der Waals surface area contributed by atoms with Crippen LogP contribution in [-0.2, 0) is 4.74 Å². The van der Waals surface area contributed by atoms with Gasteiger partial charge in [-0.15, -0.1) is 24.0 Å². The molecule has 2 aliphatic heterocycles. The number of nitrogens with one attached hydrogen (secondary N) is 1. The van der Waals surface area contributed by atoms with Gasteiger partial charge in [0.2, 0.25) is 0 Å². The molecular formula is C16H30F3IN4OS. The molecule has 0 aromatic carbocycles. The van der Waals surface area contributed by atoms with Crippen molar-refractivity contribution in [3.63, 3.8) is 0 Å². The summed E-state index contributed by atoms with van der Waals surface area (Å²) >= 11 is 1.85. The molecule has 0 aromatic heterocycles. The Kier molecular flexibility index (Phi) is 9.79. The lowest BCUT2D eigenvalue weighted by atomic mass is 9.99. The number of thioether (sulfide) groups is 1. The van der Waals surface area contributed by atoms with Crippen LogP contribution in [0.25, 0.3) is 0 Å². The third-order valence-electron chi connectivity index (χ3n) is 5.25. The minimum Gasteiger partial charge on any atom is -0.381 e. The van der Waals surface area contributed by atoms with Gasteiger partial charge in [-0.05, 0) is 26.0 Å². The van der Waals surface area contributed by atoms with Crippen molar-refractivity contribution < 1.29 is 17.9 Å². The zero-order valence-corrected chi connectivity index (χ0v) is 18.8. The number of guanidine groups is 1. The van der Waals surface area contributed by atoms with Crippen molar-refractivity contribution in [3.05, 3.63) is 0 Å². The van der Waals surface area contributed by atoms with E-state index in [0.29, 0.717) is 26.2 Å². The monoisotopic (exact) mass is 510 g/mol. The molecule has 5 nitrogen and oxygen atoms in total. The largest absolute Gasteiger partial charge is 0.403 e. The summed E-state index contributed by atoms with van der Waals surface area (Å²) in [5.41, 5.74) is 0. The van der Waals surface area contributed by atoms with Crippen molar-refractivity contribution in [2.45, 2.75) is 36.7 Å². The molecule has 1 atom stereocenters. The Morgan fingerprint density at radius 2 is 1.81 bits per heavy atom. The highest BCUT2D eigenvalue weighted by Gasteiger charge is 2.41. The summed E-state index contributed by atoms with van der Waals surface area (Å²) in [5, 5.41) is 3.43. The van der Waals surface area contributed by atoms with Crippen molar-refractivity contribution in [1.29, 1.82) is 0 Å². The number of aliphatic imine (C=N–C) groups is 1. The molecule has 154 valence electrons. The molecule has 0 aromatic rings.